The van der Waals surface area contributed by atoms with Gasteiger partial charge in [-0.1, -0.05) is 48.5 Å². The van der Waals surface area contributed by atoms with Gasteiger partial charge in [-0.15, -0.1) is 0 Å². The SMILES string of the molecule is CC(CCC(=O)NC[C@H]1C[C@H]1C(=O)O)NC(=O)OCC1c2ccccc2-c2ccccc21. The summed E-state index contributed by atoms with van der Waals surface area (Å²) in [5, 5.41) is 14.5. The second kappa shape index (κ2) is 9.42. The van der Waals surface area contributed by atoms with Crippen LogP contribution in [0.1, 0.15) is 43.2 Å². The van der Waals surface area contributed by atoms with Crippen LogP contribution >= 0.6 is 0 Å². The molecule has 3 N–H and O–H groups in total. The molecule has 2 aliphatic carbocycles. The van der Waals surface area contributed by atoms with Gasteiger partial charge in [0.25, 0.3) is 0 Å². The molecule has 7 heteroatoms. The van der Waals surface area contributed by atoms with E-state index in [0.29, 0.717) is 19.4 Å². The summed E-state index contributed by atoms with van der Waals surface area (Å²) in [4.78, 5) is 35.1. The predicted octanol–water partition coefficient (Wildman–Crippen LogP) is 3.53. The molecule has 7 nitrogen and oxygen atoms in total. The third kappa shape index (κ3) is 4.93. The fraction of sp³-hybridized carbons (Fsp3) is 0.400. The van der Waals surface area contributed by atoms with E-state index in [1.807, 2.05) is 31.2 Å². The van der Waals surface area contributed by atoms with Crippen LogP contribution in [0.5, 0.6) is 0 Å². The zero-order valence-corrected chi connectivity index (χ0v) is 18.0. The maximum absolute atomic E-state index is 12.3. The Hall–Kier alpha value is -3.35. The molecule has 0 spiro atoms. The summed E-state index contributed by atoms with van der Waals surface area (Å²) in [6.45, 7) is 2.47. The van der Waals surface area contributed by atoms with Crippen LogP contribution in [0, 0.1) is 11.8 Å². The average molecular weight is 437 g/mol. The normalized spacial score (nSPS) is 19.4. The topological polar surface area (TPSA) is 105 Å². The highest BCUT2D eigenvalue weighted by atomic mass is 16.5. The van der Waals surface area contributed by atoms with Crippen LogP contribution in [0.2, 0.25) is 0 Å². The van der Waals surface area contributed by atoms with Crippen molar-refractivity contribution < 1.29 is 24.2 Å². The van der Waals surface area contributed by atoms with Crippen LogP contribution in [-0.4, -0.2) is 42.3 Å². The van der Waals surface area contributed by atoms with Crippen molar-refractivity contribution in [3.63, 3.8) is 0 Å². The highest BCUT2D eigenvalue weighted by molar-refractivity contribution is 5.79. The molecule has 2 amide bonds. The molecule has 0 aromatic heterocycles. The first kappa shape index (κ1) is 21.9. The molecule has 0 aliphatic heterocycles. The number of alkyl carbamates (subject to hydrolysis) is 1. The second-order valence-electron chi connectivity index (χ2n) is 8.65. The number of nitrogens with one attached hydrogen (secondary N) is 2. The minimum atomic E-state index is -0.801. The van der Waals surface area contributed by atoms with Crippen LogP contribution in [0.25, 0.3) is 11.1 Å². The molecule has 0 saturated heterocycles. The van der Waals surface area contributed by atoms with E-state index in [2.05, 4.69) is 34.9 Å². The van der Waals surface area contributed by atoms with Crippen LogP contribution in [0.3, 0.4) is 0 Å². The van der Waals surface area contributed by atoms with Crippen molar-refractivity contribution in [2.24, 2.45) is 11.8 Å². The minimum Gasteiger partial charge on any atom is -0.481 e. The number of carboxylic acids is 1. The lowest BCUT2D eigenvalue weighted by atomic mass is 9.98. The third-order valence-electron chi connectivity index (χ3n) is 6.31. The number of benzene rings is 2. The number of aliphatic carboxylic acids is 1. The van der Waals surface area contributed by atoms with Gasteiger partial charge in [0, 0.05) is 24.9 Å². The second-order valence-corrected chi connectivity index (χ2v) is 8.65. The molecule has 3 atom stereocenters. The average Bonchev–Trinajstić information content (AvgIpc) is 3.51. The van der Waals surface area contributed by atoms with Crippen molar-refractivity contribution in [2.45, 2.75) is 38.1 Å². The fourth-order valence-electron chi connectivity index (χ4n) is 4.37. The van der Waals surface area contributed by atoms with Crippen LogP contribution in [0.4, 0.5) is 4.79 Å². The number of amides is 2. The number of ether oxygens (including phenoxy) is 1. The highest BCUT2D eigenvalue weighted by Gasteiger charge is 2.42. The molecule has 2 aromatic carbocycles. The standard InChI is InChI=1S/C25H28N2O5/c1-15(10-11-23(28)26-13-16-12-21(16)24(29)30)27-25(31)32-14-22-19-8-4-2-6-17(19)18-7-3-5-9-20(18)22/h2-9,15-16,21-22H,10-14H2,1H3,(H,26,28)(H,27,31)(H,29,30)/t15?,16-,21-/m1/s1. The summed E-state index contributed by atoms with van der Waals surface area (Å²) >= 11 is 0. The molecule has 0 bridgehead atoms. The maximum Gasteiger partial charge on any atom is 0.407 e. The van der Waals surface area contributed by atoms with Gasteiger partial charge in [-0.05, 0) is 47.9 Å². The molecule has 1 saturated carbocycles. The Kier molecular flexibility index (Phi) is 6.44. The number of fused-ring (bicyclic) bond motifs is 3. The first-order valence-electron chi connectivity index (χ1n) is 11.0. The maximum atomic E-state index is 12.3. The van der Waals surface area contributed by atoms with E-state index in [1.165, 1.54) is 11.1 Å². The monoisotopic (exact) mass is 436 g/mol. The first-order valence-corrected chi connectivity index (χ1v) is 11.0. The van der Waals surface area contributed by atoms with E-state index in [4.69, 9.17) is 9.84 Å². The number of hydrogen-bond acceptors (Lipinski definition) is 4. The van der Waals surface area contributed by atoms with E-state index in [-0.39, 0.29) is 42.7 Å². The zero-order valence-electron chi connectivity index (χ0n) is 18.0. The van der Waals surface area contributed by atoms with Gasteiger partial charge in [0.05, 0.1) is 5.92 Å². The number of rotatable bonds is 9. The third-order valence-corrected chi connectivity index (χ3v) is 6.31. The van der Waals surface area contributed by atoms with E-state index in [1.54, 1.807) is 0 Å². The smallest absolute Gasteiger partial charge is 0.407 e. The quantitative estimate of drug-likeness (QED) is 0.558. The number of carboxylic acid groups (broad SMARTS) is 1. The van der Waals surface area contributed by atoms with Crippen molar-refractivity contribution in [3.05, 3.63) is 59.7 Å². The molecular formula is C25H28N2O5. The van der Waals surface area contributed by atoms with Crippen molar-refractivity contribution in [3.8, 4) is 11.1 Å². The van der Waals surface area contributed by atoms with Gasteiger partial charge in [-0.2, -0.15) is 0 Å². The fourth-order valence-corrected chi connectivity index (χ4v) is 4.37. The summed E-state index contributed by atoms with van der Waals surface area (Å²) in [6, 6.07) is 16.1. The number of hydrogen-bond donors (Lipinski definition) is 3. The van der Waals surface area contributed by atoms with E-state index in [0.717, 1.165) is 11.1 Å². The summed E-state index contributed by atoms with van der Waals surface area (Å²) in [5.41, 5.74) is 4.67. The van der Waals surface area contributed by atoms with Gasteiger partial charge in [-0.3, -0.25) is 9.59 Å². The molecule has 168 valence electrons. The number of carbonyl (C=O) groups is 3. The molecular weight excluding hydrogens is 408 g/mol. The van der Waals surface area contributed by atoms with Gasteiger partial charge < -0.3 is 20.5 Å². The molecule has 0 radical (unpaired) electrons. The summed E-state index contributed by atoms with van der Waals surface area (Å²) in [7, 11) is 0. The molecule has 32 heavy (non-hydrogen) atoms. The Morgan fingerprint density at radius 3 is 2.28 bits per heavy atom. The molecule has 0 heterocycles. The molecule has 2 aromatic rings. The lowest BCUT2D eigenvalue weighted by Crippen LogP contribution is -2.35. The molecule has 2 aliphatic rings. The minimum absolute atomic E-state index is 0.00582. The summed E-state index contributed by atoms with van der Waals surface area (Å²) in [6.07, 6.45) is 0.857. The van der Waals surface area contributed by atoms with Crippen molar-refractivity contribution >= 4 is 18.0 Å². The van der Waals surface area contributed by atoms with Crippen molar-refractivity contribution in [1.82, 2.24) is 10.6 Å². The zero-order chi connectivity index (χ0) is 22.7. The van der Waals surface area contributed by atoms with E-state index < -0.39 is 12.1 Å². The van der Waals surface area contributed by atoms with Crippen molar-refractivity contribution in [1.29, 1.82) is 0 Å². The molecule has 4 rings (SSSR count). The Bertz CT molecular complexity index is 975. The Labute approximate surface area is 187 Å². The summed E-state index contributed by atoms with van der Waals surface area (Å²) in [5.74, 6) is -1.23. The molecule has 1 unspecified atom stereocenters. The first-order chi connectivity index (χ1) is 15.4. The predicted molar refractivity (Wildman–Crippen MR) is 119 cm³/mol. The van der Waals surface area contributed by atoms with Gasteiger partial charge in [-0.25, -0.2) is 4.79 Å². The Morgan fingerprint density at radius 2 is 1.69 bits per heavy atom. The van der Waals surface area contributed by atoms with E-state index >= 15 is 0 Å². The Balaban J connectivity index is 1.20. The number of carbonyl (C=O) groups excluding carboxylic acids is 2. The van der Waals surface area contributed by atoms with Crippen LogP contribution in [0.15, 0.2) is 48.5 Å². The van der Waals surface area contributed by atoms with E-state index in [9.17, 15) is 14.4 Å². The molecule has 1 fully saturated rings. The van der Waals surface area contributed by atoms with Gasteiger partial charge in [0.1, 0.15) is 6.61 Å². The lowest BCUT2D eigenvalue weighted by Gasteiger charge is -2.17. The van der Waals surface area contributed by atoms with Gasteiger partial charge in [0.15, 0.2) is 0 Å². The van der Waals surface area contributed by atoms with Crippen LogP contribution < -0.4 is 10.6 Å². The summed E-state index contributed by atoms with van der Waals surface area (Å²) < 4.78 is 5.53. The van der Waals surface area contributed by atoms with Gasteiger partial charge >= 0.3 is 12.1 Å². The highest BCUT2D eigenvalue weighted by Crippen LogP contribution is 2.44. The Morgan fingerprint density at radius 1 is 1.06 bits per heavy atom. The van der Waals surface area contributed by atoms with Gasteiger partial charge in [0.2, 0.25) is 5.91 Å². The van der Waals surface area contributed by atoms with Crippen LogP contribution in [-0.2, 0) is 14.3 Å². The largest absolute Gasteiger partial charge is 0.481 e. The van der Waals surface area contributed by atoms with Crippen molar-refractivity contribution in [2.75, 3.05) is 13.2 Å². The lowest BCUT2D eigenvalue weighted by molar-refractivity contribution is -0.139.